The minimum absolute atomic E-state index is 0.501. The molecular formula is C14H23N3O2S. The average molecular weight is 297 g/mol. The summed E-state index contributed by atoms with van der Waals surface area (Å²) in [6.45, 7) is 6.03. The Labute approximate surface area is 121 Å². The van der Waals surface area contributed by atoms with Crippen LogP contribution in [0.3, 0.4) is 0 Å². The molecule has 5 nitrogen and oxygen atoms in total. The van der Waals surface area contributed by atoms with Crippen LogP contribution in [0.2, 0.25) is 0 Å². The van der Waals surface area contributed by atoms with Gasteiger partial charge < -0.3 is 10.6 Å². The number of rotatable bonds is 6. The second-order valence-corrected chi connectivity index (χ2v) is 7.74. The molecule has 6 heteroatoms. The van der Waals surface area contributed by atoms with Crippen molar-refractivity contribution in [3.8, 4) is 0 Å². The smallest absolute Gasteiger partial charge is 0.209 e. The van der Waals surface area contributed by atoms with Crippen LogP contribution < -0.4 is 15.4 Å². The first-order valence-electron chi connectivity index (χ1n) is 6.81. The van der Waals surface area contributed by atoms with Crippen LogP contribution in [0.15, 0.2) is 18.2 Å². The molecule has 0 unspecified atom stereocenters. The largest absolute Gasteiger partial charge is 0.384 e. The summed E-state index contributed by atoms with van der Waals surface area (Å²) in [5, 5.41) is 6.73. The van der Waals surface area contributed by atoms with E-state index in [1.165, 1.54) is 23.1 Å². The SMILES string of the molecule is CC(C)(CNCc1cccc2c1NCC2)NS(C)(=O)=O. The normalized spacial score (nSPS) is 14.9. The summed E-state index contributed by atoms with van der Waals surface area (Å²) in [4.78, 5) is 0. The highest BCUT2D eigenvalue weighted by Gasteiger charge is 2.22. The first-order valence-corrected chi connectivity index (χ1v) is 8.70. The van der Waals surface area contributed by atoms with Crippen LogP contribution in [0.25, 0.3) is 0 Å². The molecule has 0 saturated heterocycles. The van der Waals surface area contributed by atoms with Gasteiger partial charge in [-0.3, -0.25) is 0 Å². The van der Waals surface area contributed by atoms with Gasteiger partial charge in [0.25, 0.3) is 0 Å². The Balaban J connectivity index is 1.92. The lowest BCUT2D eigenvalue weighted by Crippen LogP contribution is -2.49. The van der Waals surface area contributed by atoms with Crippen molar-refractivity contribution in [2.75, 3.05) is 24.7 Å². The zero-order valence-electron chi connectivity index (χ0n) is 12.3. The fourth-order valence-corrected chi connectivity index (χ4v) is 3.68. The number of hydrogen-bond acceptors (Lipinski definition) is 4. The molecule has 1 heterocycles. The van der Waals surface area contributed by atoms with Gasteiger partial charge in [0, 0.05) is 30.9 Å². The topological polar surface area (TPSA) is 70.2 Å². The molecule has 20 heavy (non-hydrogen) atoms. The Hall–Kier alpha value is -1.11. The Bertz CT molecular complexity index is 582. The zero-order chi connectivity index (χ0) is 14.8. The molecule has 112 valence electrons. The lowest BCUT2D eigenvalue weighted by atomic mass is 10.1. The molecule has 1 aliphatic rings. The van der Waals surface area contributed by atoms with Crippen molar-refractivity contribution in [3.05, 3.63) is 29.3 Å². The van der Waals surface area contributed by atoms with Crippen LogP contribution in [0.5, 0.6) is 0 Å². The molecule has 0 atom stereocenters. The first kappa shape index (κ1) is 15.3. The Morgan fingerprint density at radius 2 is 2.10 bits per heavy atom. The highest BCUT2D eigenvalue weighted by atomic mass is 32.2. The standard InChI is InChI=1S/C14H23N3O2S/c1-14(2,17-20(3,18)19)10-15-9-12-6-4-5-11-7-8-16-13(11)12/h4-6,15-17H,7-10H2,1-3H3. The summed E-state index contributed by atoms with van der Waals surface area (Å²) in [5.74, 6) is 0. The van der Waals surface area contributed by atoms with Gasteiger partial charge in [0.2, 0.25) is 10.0 Å². The maximum absolute atomic E-state index is 11.3. The quantitative estimate of drug-likeness (QED) is 0.735. The van der Waals surface area contributed by atoms with E-state index in [-0.39, 0.29) is 0 Å². The summed E-state index contributed by atoms with van der Waals surface area (Å²) in [5.41, 5.74) is 3.32. The molecule has 2 rings (SSSR count). The molecule has 0 spiro atoms. The fraction of sp³-hybridized carbons (Fsp3) is 0.571. The van der Waals surface area contributed by atoms with E-state index in [1.807, 2.05) is 13.8 Å². The molecule has 0 saturated carbocycles. The molecular weight excluding hydrogens is 274 g/mol. The molecule has 0 radical (unpaired) electrons. The number of para-hydroxylation sites is 1. The molecule has 0 amide bonds. The third-order valence-electron chi connectivity index (χ3n) is 3.28. The highest BCUT2D eigenvalue weighted by Crippen LogP contribution is 2.26. The highest BCUT2D eigenvalue weighted by molar-refractivity contribution is 7.88. The zero-order valence-corrected chi connectivity index (χ0v) is 13.1. The van der Waals surface area contributed by atoms with Crippen molar-refractivity contribution < 1.29 is 8.42 Å². The molecule has 3 N–H and O–H groups in total. The number of fused-ring (bicyclic) bond motifs is 1. The molecule has 0 bridgehead atoms. The predicted molar refractivity (Wildman–Crippen MR) is 82.4 cm³/mol. The minimum Gasteiger partial charge on any atom is -0.384 e. The second kappa shape index (κ2) is 5.71. The van der Waals surface area contributed by atoms with Gasteiger partial charge >= 0.3 is 0 Å². The van der Waals surface area contributed by atoms with Crippen molar-refractivity contribution in [3.63, 3.8) is 0 Å². The number of hydrogen-bond donors (Lipinski definition) is 3. The van der Waals surface area contributed by atoms with Gasteiger partial charge in [0.05, 0.1) is 6.26 Å². The van der Waals surface area contributed by atoms with Crippen LogP contribution in [0.4, 0.5) is 5.69 Å². The van der Waals surface area contributed by atoms with E-state index in [1.54, 1.807) is 0 Å². The van der Waals surface area contributed by atoms with E-state index in [9.17, 15) is 8.42 Å². The average Bonchev–Trinajstić information content (AvgIpc) is 2.74. The van der Waals surface area contributed by atoms with E-state index in [2.05, 4.69) is 33.6 Å². The Kier molecular flexibility index (Phi) is 4.36. The van der Waals surface area contributed by atoms with Crippen LogP contribution in [0, 0.1) is 0 Å². The van der Waals surface area contributed by atoms with E-state index < -0.39 is 15.6 Å². The van der Waals surface area contributed by atoms with Gasteiger partial charge in [-0.25, -0.2) is 13.1 Å². The fourth-order valence-electron chi connectivity index (χ4n) is 2.61. The van der Waals surface area contributed by atoms with E-state index in [0.29, 0.717) is 6.54 Å². The Morgan fingerprint density at radius 1 is 1.35 bits per heavy atom. The summed E-state index contributed by atoms with van der Waals surface area (Å²) in [6.07, 6.45) is 2.26. The lowest BCUT2D eigenvalue weighted by Gasteiger charge is -2.25. The molecule has 0 aliphatic carbocycles. The number of anilines is 1. The summed E-state index contributed by atoms with van der Waals surface area (Å²) in [7, 11) is -3.19. The molecule has 0 fully saturated rings. The summed E-state index contributed by atoms with van der Waals surface area (Å²) >= 11 is 0. The number of benzene rings is 1. The van der Waals surface area contributed by atoms with E-state index in [0.717, 1.165) is 19.5 Å². The van der Waals surface area contributed by atoms with Crippen LogP contribution >= 0.6 is 0 Å². The van der Waals surface area contributed by atoms with Crippen molar-refractivity contribution in [1.82, 2.24) is 10.0 Å². The van der Waals surface area contributed by atoms with Crippen LogP contribution in [-0.4, -0.2) is 33.3 Å². The second-order valence-electron chi connectivity index (χ2n) is 5.99. The van der Waals surface area contributed by atoms with Crippen LogP contribution in [-0.2, 0) is 23.0 Å². The Morgan fingerprint density at radius 3 is 2.80 bits per heavy atom. The first-order chi connectivity index (χ1) is 9.27. The third kappa shape index (κ3) is 4.19. The number of sulfonamides is 1. The monoisotopic (exact) mass is 297 g/mol. The molecule has 0 aromatic heterocycles. The molecule has 1 aromatic rings. The van der Waals surface area contributed by atoms with Gasteiger partial charge in [0.15, 0.2) is 0 Å². The molecule has 1 aliphatic heterocycles. The van der Waals surface area contributed by atoms with Crippen LogP contribution in [0.1, 0.15) is 25.0 Å². The lowest BCUT2D eigenvalue weighted by molar-refractivity contribution is 0.421. The predicted octanol–water partition coefficient (Wildman–Crippen LogP) is 1.07. The third-order valence-corrected chi connectivity index (χ3v) is 4.20. The van der Waals surface area contributed by atoms with Crippen molar-refractivity contribution in [2.45, 2.75) is 32.4 Å². The van der Waals surface area contributed by atoms with Gasteiger partial charge in [-0.15, -0.1) is 0 Å². The van der Waals surface area contributed by atoms with Gasteiger partial charge in [0.1, 0.15) is 0 Å². The van der Waals surface area contributed by atoms with Crippen molar-refractivity contribution >= 4 is 15.7 Å². The van der Waals surface area contributed by atoms with Gasteiger partial charge in [-0.2, -0.15) is 0 Å². The summed E-state index contributed by atoms with van der Waals surface area (Å²) < 4.78 is 25.2. The van der Waals surface area contributed by atoms with E-state index >= 15 is 0 Å². The van der Waals surface area contributed by atoms with E-state index in [4.69, 9.17) is 0 Å². The molecule has 1 aromatic carbocycles. The number of nitrogens with one attached hydrogen (secondary N) is 3. The maximum atomic E-state index is 11.3. The van der Waals surface area contributed by atoms with Gasteiger partial charge in [-0.05, 0) is 31.4 Å². The van der Waals surface area contributed by atoms with Crippen molar-refractivity contribution in [2.24, 2.45) is 0 Å². The van der Waals surface area contributed by atoms with Gasteiger partial charge in [-0.1, -0.05) is 18.2 Å². The summed E-state index contributed by atoms with van der Waals surface area (Å²) in [6, 6.07) is 6.32. The van der Waals surface area contributed by atoms with Crippen molar-refractivity contribution in [1.29, 1.82) is 0 Å². The minimum atomic E-state index is -3.19. The maximum Gasteiger partial charge on any atom is 0.209 e.